The average molecular weight is 169 g/mol. The molecule has 0 saturated carbocycles. The van der Waals surface area contributed by atoms with Gasteiger partial charge in [-0.15, -0.1) is 0 Å². The molecule has 0 aliphatic carbocycles. The summed E-state index contributed by atoms with van der Waals surface area (Å²) >= 11 is 5.48. The summed E-state index contributed by atoms with van der Waals surface area (Å²) in [6, 6.07) is 3.47. The van der Waals surface area contributed by atoms with Gasteiger partial charge < -0.3 is 5.11 Å². The van der Waals surface area contributed by atoms with E-state index in [1.54, 1.807) is 6.07 Å². The number of nitriles is 1. The molecule has 0 unspecified atom stereocenters. The van der Waals surface area contributed by atoms with Crippen LogP contribution in [0, 0.1) is 11.3 Å². The molecule has 0 aliphatic heterocycles. The minimum atomic E-state index is -0.101. The number of hydrogen-bond acceptors (Lipinski definition) is 3. The second-order valence-corrected chi connectivity index (χ2v) is 2.30. The van der Waals surface area contributed by atoms with Crippen LogP contribution in [0.3, 0.4) is 0 Å². The molecule has 0 bridgehead atoms. The summed E-state index contributed by atoms with van der Waals surface area (Å²) in [5.74, 6) is -0.101. The van der Waals surface area contributed by atoms with Gasteiger partial charge in [0.25, 0.3) is 0 Å². The molecule has 0 spiro atoms. The molecule has 0 atom stereocenters. The van der Waals surface area contributed by atoms with Crippen LogP contribution in [0.5, 0.6) is 5.75 Å². The summed E-state index contributed by atoms with van der Waals surface area (Å²) in [7, 11) is 0. The molecule has 4 heteroatoms. The van der Waals surface area contributed by atoms with Crippen molar-refractivity contribution < 1.29 is 5.11 Å². The van der Waals surface area contributed by atoms with Crippen LogP contribution in [0.15, 0.2) is 12.3 Å². The van der Waals surface area contributed by atoms with Crippen molar-refractivity contribution in [3.63, 3.8) is 0 Å². The van der Waals surface area contributed by atoms with Crippen molar-refractivity contribution in [1.82, 2.24) is 4.98 Å². The van der Waals surface area contributed by atoms with Gasteiger partial charge in [0.2, 0.25) is 0 Å². The molecule has 11 heavy (non-hydrogen) atoms. The maximum absolute atomic E-state index is 9.18. The fraction of sp³-hybridized carbons (Fsp3) is 0.143. The van der Waals surface area contributed by atoms with Crippen molar-refractivity contribution in [3.05, 3.63) is 23.0 Å². The second kappa shape index (κ2) is 3.22. The zero-order valence-corrected chi connectivity index (χ0v) is 6.34. The predicted octanol–water partition coefficient (Wildman–Crippen LogP) is 1.51. The fourth-order valence-electron chi connectivity index (χ4n) is 0.693. The predicted molar refractivity (Wildman–Crippen MR) is 40.2 cm³/mol. The third-order valence-corrected chi connectivity index (χ3v) is 1.51. The monoisotopic (exact) mass is 168 g/mol. The molecule has 1 aromatic rings. The van der Waals surface area contributed by atoms with Crippen LogP contribution < -0.4 is 0 Å². The molecule has 1 rings (SSSR count). The van der Waals surface area contributed by atoms with E-state index in [4.69, 9.17) is 16.9 Å². The molecule has 1 heterocycles. The Kier molecular flexibility index (Phi) is 2.29. The Morgan fingerprint density at radius 1 is 1.73 bits per heavy atom. The molecule has 0 aliphatic rings. The number of nitrogens with zero attached hydrogens (tertiary/aromatic N) is 2. The first-order chi connectivity index (χ1) is 5.25. The minimum Gasteiger partial charge on any atom is -0.504 e. The fourth-order valence-corrected chi connectivity index (χ4v) is 0.871. The van der Waals surface area contributed by atoms with E-state index in [1.807, 2.05) is 6.07 Å². The smallest absolute Gasteiger partial charge is 0.171 e. The summed E-state index contributed by atoms with van der Waals surface area (Å²) in [5, 5.41) is 17.5. The van der Waals surface area contributed by atoms with Gasteiger partial charge in [0.05, 0.1) is 12.5 Å². The van der Waals surface area contributed by atoms with E-state index >= 15 is 0 Å². The van der Waals surface area contributed by atoms with E-state index in [9.17, 15) is 5.11 Å². The zero-order valence-electron chi connectivity index (χ0n) is 5.58. The van der Waals surface area contributed by atoms with Gasteiger partial charge in [-0.2, -0.15) is 5.26 Å². The summed E-state index contributed by atoms with van der Waals surface area (Å²) in [6.07, 6.45) is 1.60. The number of rotatable bonds is 1. The van der Waals surface area contributed by atoms with Crippen molar-refractivity contribution in [3.8, 4) is 11.8 Å². The molecular formula is C7H5ClN2O. The highest BCUT2D eigenvalue weighted by atomic mass is 35.5. The molecule has 0 saturated heterocycles. The lowest BCUT2D eigenvalue weighted by atomic mass is 10.2. The quantitative estimate of drug-likeness (QED) is 0.647. The van der Waals surface area contributed by atoms with Crippen LogP contribution >= 0.6 is 11.6 Å². The maximum atomic E-state index is 9.18. The van der Waals surface area contributed by atoms with Gasteiger partial charge in [-0.1, -0.05) is 11.6 Å². The highest BCUT2D eigenvalue weighted by Gasteiger charge is 2.04. The Balaban J connectivity index is 3.08. The normalized spacial score (nSPS) is 9.09. The van der Waals surface area contributed by atoms with E-state index < -0.39 is 0 Å². The topological polar surface area (TPSA) is 56.9 Å². The molecule has 0 aromatic carbocycles. The Bertz CT molecular complexity index is 306. The maximum Gasteiger partial charge on any atom is 0.171 e. The Morgan fingerprint density at radius 3 is 3.09 bits per heavy atom. The van der Waals surface area contributed by atoms with E-state index in [0.29, 0.717) is 5.56 Å². The van der Waals surface area contributed by atoms with Crippen LogP contribution in [0.25, 0.3) is 0 Å². The molecule has 1 aromatic heterocycles. The van der Waals surface area contributed by atoms with Crippen LogP contribution in [0.4, 0.5) is 0 Å². The largest absolute Gasteiger partial charge is 0.504 e. The highest BCUT2D eigenvalue weighted by Crippen LogP contribution is 2.24. The van der Waals surface area contributed by atoms with Crippen molar-refractivity contribution in [2.24, 2.45) is 0 Å². The van der Waals surface area contributed by atoms with Crippen molar-refractivity contribution in [1.29, 1.82) is 5.26 Å². The van der Waals surface area contributed by atoms with Crippen LogP contribution in [-0.2, 0) is 6.42 Å². The van der Waals surface area contributed by atoms with Crippen molar-refractivity contribution >= 4 is 11.6 Å². The van der Waals surface area contributed by atoms with Crippen molar-refractivity contribution in [2.45, 2.75) is 6.42 Å². The lowest BCUT2D eigenvalue weighted by Gasteiger charge is -1.98. The van der Waals surface area contributed by atoms with Gasteiger partial charge >= 0.3 is 0 Å². The Labute approximate surface area is 68.9 Å². The average Bonchev–Trinajstić information content (AvgIpc) is 1.99. The SMILES string of the molecule is N#CCc1ccnc(Cl)c1O. The lowest BCUT2D eigenvalue weighted by molar-refractivity contribution is 0.467. The number of pyridine rings is 1. The van der Waals surface area contributed by atoms with Gasteiger partial charge in [-0.25, -0.2) is 4.98 Å². The molecule has 0 amide bonds. The number of hydrogen-bond donors (Lipinski definition) is 1. The Hall–Kier alpha value is -1.27. The first kappa shape index (κ1) is 7.83. The first-order valence-corrected chi connectivity index (χ1v) is 3.33. The summed E-state index contributed by atoms with van der Waals surface area (Å²) < 4.78 is 0. The number of aromatic hydroxyl groups is 1. The van der Waals surface area contributed by atoms with Gasteiger partial charge in [0.1, 0.15) is 0 Å². The summed E-state index contributed by atoms with van der Waals surface area (Å²) in [5.41, 5.74) is 0.507. The van der Waals surface area contributed by atoms with Crippen LogP contribution in [-0.4, -0.2) is 10.1 Å². The zero-order chi connectivity index (χ0) is 8.27. The molecular weight excluding hydrogens is 164 g/mol. The molecule has 56 valence electrons. The lowest BCUT2D eigenvalue weighted by Crippen LogP contribution is -1.85. The second-order valence-electron chi connectivity index (χ2n) is 1.94. The Morgan fingerprint density at radius 2 is 2.45 bits per heavy atom. The van der Waals surface area contributed by atoms with E-state index in [-0.39, 0.29) is 17.3 Å². The van der Waals surface area contributed by atoms with Crippen molar-refractivity contribution in [2.75, 3.05) is 0 Å². The standard InChI is InChI=1S/C7H5ClN2O/c8-7-6(11)5(1-3-9)2-4-10-7/h2,4,11H,1H2. The van der Waals surface area contributed by atoms with Gasteiger partial charge in [0, 0.05) is 11.8 Å². The molecule has 0 fully saturated rings. The van der Waals surface area contributed by atoms with Gasteiger partial charge in [-0.3, -0.25) is 0 Å². The van der Waals surface area contributed by atoms with Crippen LogP contribution in [0.1, 0.15) is 5.56 Å². The first-order valence-electron chi connectivity index (χ1n) is 2.95. The van der Waals surface area contributed by atoms with E-state index in [2.05, 4.69) is 4.98 Å². The van der Waals surface area contributed by atoms with Gasteiger partial charge in [-0.05, 0) is 6.07 Å². The molecule has 1 N–H and O–H groups in total. The summed E-state index contributed by atoms with van der Waals surface area (Å²) in [4.78, 5) is 3.63. The van der Waals surface area contributed by atoms with Gasteiger partial charge in [0.15, 0.2) is 10.9 Å². The van der Waals surface area contributed by atoms with Crippen LogP contribution in [0.2, 0.25) is 5.15 Å². The third kappa shape index (κ3) is 1.60. The molecule has 0 radical (unpaired) electrons. The third-order valence-electron chi connectivity index (χ3n) is 1.23. The minimum absolute atomic E-state index is 0.0396. The molecule has 3 nitrogen and oxygen atoms in total. The van der Waals surface area contributed by atoms with E-state index in [0.717, 1.165) is 0 Å². The van der Waals surface area contributed by atoms with E-state index in [1.165, 1.54) is 6.20 Å². The number of halogens is 1. The summed E-state index contributed by atoms with van der Waals surface area (Å²) in [6.45, 7) is 0. The number of aromatic nitrogens is 1. The highest BCUT2D eigenvalue weighted by molar-refractivity contribution is 6.30.